The summed E-state index contributed by atoms with van der Waals surface area (Å²) in [6.07, 6.45) is 7.72. The van der Waals surface area contributed by atoms with Gasteiger partial charge in [0.1, 0.15) is 12.4 Å². The van der Waals surface area contributed by atoms with Crippen molar-refractivity contribution >= 4 is 11.6 Å². The minimum absolute atomic E-state index is 0.0864. The summed E-state index contributed by atoms with van der Waals surface area (Å²) in [6.45, 7) is 2.40. The van der Waals surface area contributed by atoms with Gasteiger partial charge in [-0.2, -0.15) is 0 Å². The SMILES string of the molecule is O=C1CCc2cc(OCCN(CCO)C3CCCCC3)ccc2N1. The van der Waals surface area contributed by atoms with Gasteiger partial charge in [0.15, 0.2) is 0 Å². The van der Waals surface area contributed by atoms with Gasteiger partial charge in [-0.25, -0.2) is 0 Å². The highest BCUT2D eigenvalue weighted by molar-refractivity contribution is 5.93. The number of aryl methyl sites for hydroxylation is 1. The molecule has 1 aliphatic carbocycles. The number of aliphatic hydroxyl groups excluding tert-OH is 1. The van der Waals surface area contributed by atoms with Crippen LogP contribution in [-0.2, 0) is 11.2 Å². The molecule has 0 bridgehead atoms. The Morgan fingerprint density at radius 3 is 2.79 bits per heavy atom. The lowest BCUT2D eigenvalue weighted by Crippen LogP contribution is -2.41. The van der Waals surface area contributed by atoms with Crippen molar-refractivity contribution in [2.45, 2.75) is 51.0 Å². The number of carbonyl (C=O) groups is 1. The van der Waals surface area contributed by atoms with Gasteiger partial charge in [-0.3, -0.25) is 9.69 Å². The standard InChI is InChI=1S/C19H28N2O3/c22-12-10-21(16-4-2-1-3-5-16)11-13-24-17-7-8-18-15(14-17)6-9-19(23)20-18/h7-8,14,16,22H,1-6,9-13H2,(H,20,23). The Morgan fingerprint density at radius 1 is 1.17 bits per heavy atom. The quantitative estimate of drug-likeness (QED) is 0.806. The summed E-state index contributed by atoms with van der Waals surface area (Å²) in [7, 11) is 0. The van der Waals surface area contributed by atoms with Crippen LogP contribution in [0.4, 0.5) is 5.69 Å². The van der Waals surface area contributed by atoms with E-state index < -0.39 is 0 Å². The van der Waals surface area contributed by atoms with Gasteiger partial charge in [0, 0.05) is 31.2 Å². The lowest BCUT2D eigenvalue weighted by Gasteiger charge is -2.33. The Kier molecular flexibility index (Phi) is 6.10. The van der Waals surface area contributed by atoms with E-state index in [-0.39, 0.29) is 12.5 Å². The van der Waals surface area contributed by atoms with Crippen LogP contribution in [0.5, 0.6) is 5.75 Å². The maximum Gasteiger partial charge on any atom is 0.224 e. The molecule has 24 heavy (non-hydrogen) atoms. The number of benzene rings is 1. The van der Waals surface area contributed by atoms with E-state index in [9.17, 15) is 9.90 Å². The van der Waals surface area contributed by atoms with Crippen LogP contribution >= 0.6 is 0 Å². The third-order valence-corrected chi connectivity index (χ3v) is 5.10. The van der Waals surface area contributed by atoms with Crippen LogP contribution in [0, 0.1) is 0 Å². The van der Waals surface area contributed by atoms with Gasteiger partial charge in [0.25, 0.3) is 0 Å². The first-order valence-electron chi connectivity index (χ1n) is 9.17. The summed E-state index contributed by atoms with van der Waals surface area (Å²) >= 11 is 0. The van der Waals surface area contributed by atoms with Crippen molar-refractivity contribution in [1.82, 2.24) is 4.90 Å². The number of nitrogens with zero attached hydrogens (tertiary/aromatic N) is 1. The summed E-state index contributed by atoms with van der Waals surface area (Å²) in [5, 5.41) is 12.2. The normalized spacial score (nSPS) is 18.3. The van der Waals surface area contributed by atoms with Gasteiger partial charge in [0.2, 0.25) is 5.91 Å². The molecule has 1 fully saturated rings. The molecule has 1 amide bonds. The number of fused-ring (bicyclic) bond motifs is 1. The molecule has 2 aliphatic rings. The van der Waals surface area contributed by atoms with Crippen LogP contribution in [0.15, 0.2) is 18.2 Å². The fraction of sp³-hybridized carbons (Fsp3) is 0.632. The zero-order valence-electron chi connectivity index (χ0n) is 14.3. The highest BCUT2D eigenvalue weighted by atomic mass is 16.5. The van der Waals surface area contributed by atoms with Gasteiger partial charge in [-0.15, -0.1) is 0 Å². The van der Waals surface area contributed by atoms with Gasteiger partial charge in [-0.1, -0.05) is 19.3 Å². The number of amides is 1. The van der Waals surface area contributed by atoms with Crippen molar-refractivity contribution in [2.24, 2.45) is 0 Å². The maximum absolute atomic E-state index is 11.4. The second-order valence-corrected chi connectivity index (χ2v) is 6.77. The van der Waals surface area contributed by atoms with E-state index in [1.54, 1.807) is 0 Å². The highest BCUT2D eigenvalue weighted by Gasteiger charge is 2.20. The topological polar surface area (TPSA) is 61.8 Å². The molecule has 1 saturated carbocycles. The van der Waals surface area contributed by atoms with Crippen molar-refractivity contribution in [3.63, 3.8) is 0 Å². The summed E-state index contributed by atoms with van der Waals surface area (Å²) in [6, 6.07) is 6.47. The molecule has 3 rings (SSSR count). The van der Waals surface area contributed by atoms with E-state index in [0.29, 0.717) is 19.1 Å². The van der Waals surface area contributed by atoms with E-state index in [1.165, 1.54) is 32.1 Å². The predicted molar refractivity (Wildman–Crippen MR) is 94.4 cm³/mol. The lowest BCUT2D eigenvalue weighted by molar-refractivity contribution is -0.116. The van der Waals surface area contributed by atoms with Gasteiger partial charge < -0.3 is 15.2 Å². The van der Waals surface area contributed by atoms with Crippen LogP contribution < -0.4 is 10.1 Å². The second kappa shape index (κ2) is 8.49. The minimum Gasteiger partial charge on any atom is -0.492 e. The lowest BCUT2D eigenvalue weighted by atomic mass is 9.94. The third-order valence-electron chi connectivity index (χ3n) is 5.10. The van der Waals surface area contributed by atoms with Gasteiger partial charge in [-0.05, 0) is 43.0 Å². The summed E-state index contributed by atoms with van der Waals surface area (Å²) < 4.78 is 5.93. The maximum atomic E-state index is 11.4. The molecule has 0 spiro atoms. The largest absolute Gasteiger partial charge is 0.492 e. The smallest absolute Gasteiger partial charge is 0.224 e. The first-order valence-corrected chi connectivity index (χ1v) is 9.17. The number of nitrogens with one attached hydrogen (secondary N) is 1. The number of aliphatic hydroxyl groups is 1. The molecular formula is C19H28N2O3. The molecule has 0 aromatic heterocycles. The fourth-order valence-electron chi connectivity index (χ4n) is 3.78. The van der Waals surface area contributed by atoms with E-state index in [4.69, 9.17) is 4.74 Å². The average Bonchev–Trinajstić information content (AvgIpc) is 2.62. The van der Waals surface area contributed by atoms with E-state index in [0.717, 1.165) is 36.5 Å². The van der Waals surface area contributed by atoms with Crippen LogP contribution in [0.1, 0.15) is 44.1 Å². The second-order valence-electron chi connectivity index (χ2n) is 6.77. The number of hydrogen-bond acceptors (Lipinski definition) is 4. The van der Waals surface area contributed by atoms with Crippen molar-refractivity contribution in [3.8, 4) is 5.75 Å². The van der Waals surface area contributed by atoms with Crippen LogP contribution in [0.2, 0.25) is 0 Å². The van der Waals surface area contributed by atoms with Crippen molar-refractivity contribution in [3.05, 3.63) is 23.8 Å². The molecule has 1 heterocycles. The summed E-state index contributed by atoms with van der Waals surface area (Å²) in [5.41, 5.74) is 2.05. The molecule has 0 saturated heterocycles. The molecule has 2 N–H and O–H groups in total. The Hall–Kier alpha value is -1.59. The molecule has 1 aliphatic heterocycles. The Balaban J connectivity index is 1.52. The van der Waals surface area contributed by atoms with E-state index >= 15 is 0 Å². The Morgan fingerprint density at radius 2 is 2.00 bits per heavy atom. The van der Waals surface area contributed by atoms with E-state index in [2.05, 4.69) is 10.2 Å². The third kappa shape index (κ3) is 4.48. The number of anilines is 1. The zero-order valence-corrected chi connectivity index (χ0v) is 14.3. The highest BCUT2D eigenvalue weighted by Crippen LogP contribution is 2.27. The molecule has 0 atom stereocenters. The number of carbonyl (C=O) groups excluding carboxylic acids is 1. The summed E-state index contributed by atoms with van der Waals surface area (Å²) in [4.78, 5) is 13.8. The molecule has 1 aromatic carbocycles. The summed E-state index contributed by atoms with van der Waals surface area (Å²) in [5.74, 6) is 0.945. The van der Waals surface area contributed by atoms with Gasteiger partial charge in [0.05, 0.1) is 6.61 Å². The molecule has 0 radical (unpaired) electrons. The number of ether oxygens (including phenoxy) is 1. The Bertz CT molecular complexity index is 556. The first-order chi connectivity index (χ1) is 11.8. The average molecular weight is 332 g/mol. The van der Waals surface area contributed by atoms with Crippen LogP contribution in [0.25, 0.3) is 0 Å². The fourth-order valence-corrected chi connectivity index (χ4v) is 3.78. The first kappa shape index (κ1) is 17.2. The van der Waals surface area contributed by atoms with Gasteiger partial charge >= 0.3 is 0 Å². The van der Waals surface area contributed by atoms with Crippen LogP contribution in [0.3, 0.4) is 0 Å². The number of hydrogen-bond donors (Lipinski definition) is 2. The molecule has 1 aromatic rings. The predicted octanol–water partition coefficient (Wildman–Crippen LogP) is 2.58. The van der Waals surface area contributed by atoms with Crippen LogP contribution in [-0.4, -0.2) is 48.3 Å². The molecule has 0 unspecified atom stereocenters. The van der Waals surface area contributed by atoms with Crippen molar-refractivity contribution in [1.29, 1.82) is 0 Å². The van der Waals surface area contributed by atoms with Crippen molar-refractivity contribution in [2.75, 3.05) is 31.6 Å². The minimum atomic E-state index is 0.0864. The zero-order chi connectivity index (χ0) is 16.8. The number of rotatable bonds is 7. The molecular weight excluding hydrogens is 304 g/mol. The van der Waals surface area contributed by atoms with E-state index in [1.807, 2.05) is 18.2 Å². The molecule has 132 valence electrons. The molecule has 5 heteroatoms. The van der Waals surface area contributed by atoms with Crippen molar-refractivity contribution < 1.29 is 14.6 Å². The molecule has 5 nitrogen and oxygen atoms in total. The monoisotopic (exact) mass is 332 g/mol. The Labute approximate surface area is 144 Å².